The molecule has 2 fully saturated rings. The molecule has 2 aliphatic rings. The van der Waals surface area contributed by atoms with Gasteiger partial charge in [-0.15, -0.1) is 0 Å². The standard InChI is InChI=1S/C19H34O3/c1-4-5-6-7-11-17-13-18(22-19(21-17)14(2)3)15-9-8-10-16(20)12-15/h14-15,17-19H,4-13H2,1-3H3/t15?,17-,18+,19-/m1/s1. The summed E-state index contributed by atoms with van der Waals surface area (Å²) in [6.07, 6.45) is 11.4. The summed E-state index contributed by atoms with van der Waals surface area (Å²) in [5.41, 5.74) is 0. The number of unbranched alkanes of at least 4 members (excludes halogenated alkanes) is 3. The second kappa shape index (κ2) is 9.02. The predicted octanol–water partition coefficient (Wildman–Crippen LogP) is 4.87. The van der Waals surface area contributed by atoms with Gasteiger partial charge in [0.1, 0.15) is 5.78 Å². The summed E-state index contributed by atoms with van der Waals surface area (Å²) < 4.78 is 12.4. The van der Waals surface area contributed by atoms with Crippen LogP contribution in [0, 0.1) is 11.8 Å². The van der Waals surface area contributed by atoms with Gasteiger partial charge in [-0.2, -0.15) is 0 Å². The van der Waals surface area contributed by atoms with E-state index in [0.29, 0.717) is 23.7 Å². The first kappa shape index (κ1) is 17.9. The third kappa shape index (κ3) is 5.34. The highest BCUT2D eigenvalue weighted by atomic mass is 16.7. The minimum absolute atomic E-state index is 0.0908. The van der Waals surface area contributed by atoms with Crippen LogP contribution in [0.5, 0.6) is 0 Å². The molecule has 0 aromatic heterocycles. The highest BCUT2D eigenvalue weighted by Gasteiger charge is 2.37. The fourth-order valence-corrected chi connectivity index (χ4v) is 3.74. The molecule has 2 rings (SSSR count). The minimum atomic E-state index is -0.0908. The van der Waals surface area contributed by atoms with Gasteiger partial charge in [0.05, 0.1) is 12.2 Å². The van der Waals surface area contributed by atoms with Crippen LogP contribution in [0.25, 0.3) is 0 Å². The molecule has 1 aliphatic carbocycles. The zero-order valence-corrected chi connectivity index (χ0v) is 14.7. The van der Waals surface area contributed by atoms with Crippen LogP contribution in [0.15, 0.2) is 0 Å². The molecule has 1 saturated heterocycles. The van der Waals surface area contributed by atoms with Gasteiger partial charge in [0, 0.05) is 25.2 Å². The smallest absolute Gasteiger partial charge is 0.160 e. The van der Waals surface area contributed by atoms with Crippen LogP contribution in [0.4, 0.5) is 0 Å². The quantitative estimate of drug-likeness (QED) is 0.629. The van der Waals surface area contributed by atoms with E-state index in [-0.39, 0.29) is 12.4 Å². The van der Waals surface area contributed by atoms with Crippen molar-refractivity contribution in [3.05, 3.63) is 0 Å². The molecule has 4 atom stereocenters. The maximum absolute atomic E-state index is 11.8. The minimum Gasteiger partial charge on any atom is -0.349 e. The van der Waals surface area contributed by atoms with Crippen molar-refractivity contribution in [2.75, 3.05) is 0 Å². The van der Waals surface area contributed by atoms with Gasteiger partial charge in [0.15, 0.2) is 6.29 Å². The molecule has 0 aromatic carbocycles. The number of carbonyl (C=O) groups is 1. The molecule has 0 radical (unpaired) electrons. The third-order valence-corrected chi connectivity index (χ3v) is 5.10. The molecule has 1 heterocycles. The number of ketones is 1. The van der Waals surface area contributed by atoms with Gasteiger partial charge in [0.2, 0.25) is 0 Å². The van der Waals surface area contributed by atoms with Gasteiger partial charge in [-0.05, 0) is 25.2 Å². The second-order valence-electron chi connectivity index (χ2n) is 7.53. The van der Waals surface area contributed by atoms with Crippen LogP contribution in [0.1, 0.15) is 85.0 Å². The summed E-state index contributed by atoms with van der Waals surface area (Å²) in [4.78, 5) is 11.8. The molecule has 1 unspecified atom stereocenters. The Balaban J connectivity index is 1.89. The van der Waals surface area contributed by atoms with Crippen LogP contribution in [0.2, 0.25) is 0 Å². The summed E-state index contributed by atoms with van der Waals surface area (Å²) in [6, 6.07) is 0. The van der Waals surface area contributed by atoms with Crippen molar-refractivity contribution in [1.29, 1.82) is 0 Å². The molecule has 0 spiro atoms. The molecular weight excluding hydrogens is 276 g/mol. The van der Waals surface area contributed by atoms with E-state index in [4.69, 9.17) is 9.47 Å². The highest BCUT2D eigenvalue weighted by molar-refractivity contribution is 5.79. The first-order valence-electron chi connectivity index (χ1n) is 9.42. The van der Waals surface area contributed by atoms with Crippen LogP contribution < -0.4 is 0 Å². The van der Waals surface area contributed by atoms with Gasteiger partial charge in [-0.25, -0.2) is 0 Å². The van der Waals surface area contributed by atoms with Gasteiger partial charge in [0.25, 0.3) is 0 Å². The summed E-state index contributed by atoms with van der Waals surface area (Å²) in [6.45, 7) is 6.57. The molecule has 0 N–H and O–H groups in total. The third-order valence-electron chi connectivity index (χ3n) is 5.10. The Morgan fingerprint density at radius 2 is 2.00 bits per heavy atom. The van der Waals surface area contributed by atoms with E-state index < -0.39 is 0 Å². The number of hydrogen-bond donors (Lipinski definition) is 0. The Labute approximate surface area is 136 Å². The normalized spacial score (nSPS) is 33.4. The van der Waals surface area contributed by atoms with Crippen molar-refractivity contribution in [3.63, 3.8) is 0 Å². The summed E-state index contributed by atoms with van der Waals surface area (Å²) in [7, 11) is 0. The predicted molar refractivity (Wildman–Crippen MR) is 88.7 cm³/mol. The van der Waals surface area contributed by atoms with Crippen LogP contribution in [0.3, 0.4) is 0 Å². The molecule has 3 nitrogen and oxygen atoms in total. The average Bonchev–Trinajstić information content (AvgIpc) is 2.51. The Morgan fingerprint density at radius 1 is 1.18 bits per heavy atom. The lowest BCUT2D eigenvalue weighted by molar-refractivity contribution is -0.271. The van der Waals surface area contributed by atoms with Gasteiger partial charge >= 0.3 is 0 Å². The van der Waals surface area contributed by atoms with Gasteiger partial charge in [-0.1, -0.05) is 46.5 Å². The van der Waals surface area contributed by atoms with E-state index >= 15 is 0 Å². The molecular formula is C19H34O3. The molecule has 0 amide bonds. The van der Waals surface area contributed by atoms with Gasteiger partial charge in [-0.3, -0.25) is 4.79 Å². The zero-order valence-electron chi connectivity index (χ0n) is 14.7. The SMILES string of the molecule is CCCCCC[C@@H]1C[C@@H](C2CCCC(=O)C2)O[C@H](C(C)C)O1. The molecule has 0 bridgehead atoms. The van der Waals surface area contributed by atoms with Crippen molar-refractivity contribution in [2.45, 2.75) is 103 Å². The topological polar surface area (TPSA) is 35.5 Å². The Kier molecular flexibility index (Phi) is 7.36. The molecule has 0 aromatic rings. The Bertz CT molecular complexity index is 340. The van der Waals surface area contributed by atoms with Crippen LogP contribution in [-0.4, -0.2) is 24.3 Å². The van der Waals surface area contributed by atoms with Crippen molar-refractivity contribution in [2.24, 2.45) is 11.8 Å². The number of carbonyl (C=O) groups excluding carboxylic acids is 1. The number of hydrogen-bond acceptors (Lipinski definition) is 3. The fraction of sp³-hybridized carbons (Fsp3) is 0.947. The average molecular weight is 310 g/mol. The Morgan fingerprint density at radius 3 is 2.68 bits per heavy atom. The van der Waals surface area contributed by atoms with E-state index in [2.05, 4.69) is 20.8 Å². The maximum Gasteiger partial charge on any atom is 0.160 e. The van der Waals surface area contributed by atoms with Crippen molar-refractivity contribution >= 4 is 5.78 Å². The number of Topliss-reactive ketones (excluding diaryl/α,β-unsaturated/α-hetero) is 1. The number of rotatable bonds is 7. The lowest BCUT2D eigenvalue weighted by Crippen LogP contribution is -2.44. The second-order valence-corrected chi connectivity index (χ2v) is 7.53. The Hall–Kier alpha value is -0.410. The molecule has 1 aliphatic heterocycles. The molecule has 22 heavy (non-hydrogen) atoms. The summed E-state index contributed by atoms with van der Waals surface area (Å²) in [5, 5.41) is 0. The van der Waals surface area contributed by atoms with E-state index in [0.717, 1.165) is 38.5 Å². The van der Waals surface area contributed by atoms with E-state index in [9.17, 15) is 4.79 Å². The van der Waals surface area contributed by atoms with Crippen molar-refractivity contribution in [1.82, 2.24) is 0 Å². The molecule has 1 saturated carbocycles. The summed E-state index contributed by atoms with van der Waals surface area (Å²) >= 11 is 0. The number of ether oxygens (including phenoxy) is 2. The monoisotopic (exact) mass is 310 g/mol. The fourth-order valence-electron chi connectivity index (χ4n) is 3.74. The first-order valence-corrected chi connectivity index (χ1v) is 9.42. The van der Waals surface area contributed by atoms with E-state index in [1.165, 1.54) is 25.7 Å². The molecule has 3 heteroatoms. The van der Waals surface area contributed by atoms with E-state index in [1.54, 1.807) is 0 Å². The van der Waals surface area contributed by atoms with Crippen molar-refractivity contribution < 1.29 is 14.3 Å². The first-order chi connectivity index (χ1) is 10.6. The van der Waals surface area contributed by atoms with Crippen LogP contribution in [-0.2, 0) is 14.3 Å². The zero-order chi connectivity index (χ0) is 15.9. The van der Waals surface area contributed by atoms with Crippen molar-refractivity contribution in [3.8, 4) is 0 Å². The highest BCUT2D eigenvalue weighted by Crippen LogP contribution is 2.35. The molecule has 128 valence electrons. The summed E-state index contributed by atoms with van der Waals surface area (Å²) in [5.74, 6) is 1.22. The lowest BCUT2D eigenvalue weighted by Gasteiger charge is -2.41. The lowest BCUT2D eigenvalue weighted by atomic mass is 9.81. The van der Waals surface area contributed by atoms with E-state index in [1.807, 2.05) is 0 Å². The van der Waals surface area contributed by atoms with Gasteiger partial charge < -0.3 is 9.47 Å². The largest absolute Gasteiger partial charge is 0.349 e. The maximum atomic E-state index is 11.8. The van der Waals surface area contributed by atoms with Crippen LogP contribution >= 0.6 is 0 Å².